The number of carbonyl (C=O) groups excluding carboxylic acids is 1. The van der Waals surface area contributed by atoms with Crippen molar-refractivity contribution < 1.29 is 4.79 Å². The number of hydrogen-bond acceptors (Lipinski definition) is 2. The third-order valence-corrected chi connectivity index (χ3v) is 5.25. The average Bonchev–Trinajstić information content (AvgIpc) is 3.07. The summed E-state index contributed by atoms with van der Waals surface area (Å²) >= 11 is 0. The van der Waals surface area contributed by atoms with Crippen LogP contribution in [0.5, 0.6) is 0 Å². The lowest BCUT2D eigenvalue weighted by Gasteiger charge is -2.19. The summed E-state index contributed by atoms with van der Waals surface area (Å²) < 4.78 is 2.10. The summed E-state index contributed by atoms with van der Waals surface area (Å²) in [4.78, 5) is 16.8. The molecule has 0 unspecified atom stereocenters. The van der Waals surface area contributed by atoms with Crippen molar-refractivity contribution in [3.8, 4) is 0 Å². The van der Waals surface area contributed by atoms with Gasteiger partial charge in [0.05, 0.1) is 6.33 Å². The highest BCUT2D eigenvalue weighted by Gasteiger charge is 2.43. The molecule has 1 aromatic heterocycles. The highest BCUT2D eigenvalue weighted by molar-refractivity contribution is 5.97. The molecule has 2 aromatic rings. The van der Waals surface area contributed by atoms with Gasteiger partial charge in [0.15, 0.2) is 0 Å². The Balaban J connectivity index is 1.71. The van der Waals surface area contributed by atoms with Gasteiger partial charge in [-0.05, 0) is 62.8 Å². The normalized spacial score (nSPS) is 15.5. The molecule has 0 aliphatic heterocycles. The zero-order valence-corrected chi connectivity index (χ0v) is 14.4. The first-order chi connectivity index (χ1) is 10.9. The minimum absolute atomic E-state index is 0.0590. The average molecular weight is 311 g/mol. The minimum Gasteiger partial charge on any atom is -0.351 e. The fourth-order valence-corrected chi connectivity index (χ4v) is 3.25. The SMILES string of the molecule is Cc1cc(C)c(C)c(C(=O)NCC2(Cn3ccnc3)CC2)c1C. The number of aryl methyl sites for hydroxylation is 2. The van der Waals surface area contributed by atoms with Crippen molar-refractivity contribution in [2.24, 2.45) is 5.41 Å². The van der Waals surface area contributed by atoms with Crippen molar-refractivity contribution in [3.63, 3.8) is 0 Å². The second-order valence-corrected chi connectivity index (χ2v) is 7.05. The van der Waals surface area contributed by atoms with Crippen molar-refractivity contribution in [2.45, 2.75) is 47.1 Å². The van der Waals surface area contributed by atoms with E-state index in [-0.39, 0.29) is 11.3 Å². The summed E-state index contributed by atoms with van der Waals surface area (Å²) in [7, 11) is 0. The van der Waals surface area contributed by atoms with Gasteiger partial charge in [0.1, 0.15) is 0 Å². The fraction of sp³-hybridized carbons (Fsp3) is 0.474. The molecular weight excluding hydrogens is 286 g/mol. The number of rotatable bonds is 5. The largest absolute Gasteiger partial charge is 0.351 e. The standard InChI is InChI=1S/C19H25N3O/c1-13-9-14(2)16(4)17(15(13)3)18(23)21-10-19(5-6-19)11-22-8-7-20-12-22/h7-9,12H,5-6,10-11H2,1-4H3,(H,21,23). The zero-order valence-electron chi connectivity index (χ0n) is 14.4. The number of carbonyl (C=O) groups is 1. The number of nitrogens with zero attached hydrogens (tertiary/aromatic N) is 2. The lowest BCUT2D eigenvalue weighted by Crippen LogP contribution is -2.33. The first-order valence-electron chi connectivity index (χ1n) is 8.23. The van der Waals surface area contributed by atoms with Crippen LogP contribution in [0.1, 0.15) is 45.5 Å². The molecule has 1 aromatic carbocycles. The topological polar surface area (TPSA) is 46.9 Å². The number of benzene rings is 1. The zero-order chi connectivity index (χ0) is 16.6. The summed E-state index contributed by atoms with van der Waals surface area (Å²) in [6, 6.07) is 2.16. The highest BCUT2D eigenvalue weighted by atomic mass is 16.1. The summed E-state index contributed by atoms with van der Waals surface area (Å²) in [6.07, 6.45) is 7.96. The molecule has 122 valence electrons. The number of amides is 1. The molecule has 0 spiro atoms. The first-order valence-corrected chi connectivity index (χ1v) is 8.23. The molecule has 1 aliphatic rings. The van der Waals surface area contributed by atoms with Crippen LogP contribution in [-0.2, 0) is 6.54 Å². The molecule has 0 bridgehead atoms. The van der Waals surface area contributed by atoms with Crippen LogP contribution in [0.3, 0.4) is 0 Å². The van der Waals surface area contributed by atoms with Gasteiger partial charge in [0, 0.05) is 36.5 Å². The maximum absolute atomic E-state index is 12.7. The van der Waals surface area contributed by atoms with Crippen LogP contribution in [-0.4, -0.2) is 22.0 Å². The van der Waals surface area contributed by atoms with E-state index in [4.69, 9.17) is 0 Å². The summed E-state index contributed by atoms with van der Waals surface area (Å²) in [6.45, 7) is 9.87. The molecule has 1 fully saturated rings. The lowest BCUT2D eigenvalue weighted by molar-refractivity contribution is 0.0941. The molecule has 1 heterocycles. The fourth-order valence-electron chi connectivity index (χ4n) is 3.25. The van der Waals surface area contributed by atoms with Gasteiger partial charge in [-0.25, -0.2) is 4.98 Å². The van der Waals surface area contributed by atoms with Gasteiger partial charge in [-0.15, -0.1) is 0 Å². The Morgan fingerprint density at radius 1 is 1.22 bits per heavy atom. The van der Waals surface area contributed by atoms with Gasteiger partial charge in [0.25, 0.3) is 5.91 Å². The van der Waals surface area contributed by atoms with E-state index >= 15 is 0 Å². The number of nitrogens with one attached hydrogen (secondary N) is 1. The van der Waals surface area contributed by atoms with Gasteiger partial charge in [-0.1, -0.05) is 6.07 Å². The smallest absolute Gasteiger partial charge is 0.251 e. The van der Waals surface area contributed by atoms with Gasteiger partial charge >= 0.3 is 0 Å². The molecule has 4 heteroatoms. The van der Waals surface area contributed by atoms with Gasteiger partial charge in [-0.2, -0.15) is 0 Å². The highest BCUT2D eigenvalue weighted by Crippen LogP contribution is 2.46. The third-order valence-electron chi connectivity index (χ3n) is 5.25. The van der Waals surface area contributed by atoms with Crippen LogP contribution < -0.4 is 5.32 Å². The number of aromatic nitrogens is 2. The van der Waals surface area contributed by atoms with E-state index in [1.165, 1.54) is 11.1 Å². The Morgan fingerprint density at radius 3 is 2.39 bits per heavy atom. The van der Waals surface area contributed by atoms with E-state index in [1.807, 2.05) is 26.4 Å². The molecule has 1 saturated carbocycles. The van der Waals surface area contributed by atoms with Crippen LogP contribution in [0.2, 0.25) is 0 Å². The molecule has 23 heavy (non-hydrogen) atoms. The molecule has 3 rings (SSSR count). The molecule has 0 saturated heterocycles. The van der Waals surface area contributed by atoms with Gasteiger partial charge in [-0.3, -0.25) is 4.79 Å². The van der Waals surface area contributed by atoms with Crippen LogP contribution in [0.4, 0.5) is 0 Å². The van der Waals surface area contributed by atoms with Crippen molar-refractivity contribution >= 4 is 5.91 Å². The first kappa shape index (κ1) is 15.8. The molecule has 4 nitrogen and oxygen atoms in total. The number of imidazole rings is 1. The van der Waals surface area contributed by atoms with Crippen LogP contribution in [0.25, 0.3) is 0 Å². The number of hydrogen-bond donors (Lipinski definition) is 1. The van der Waals surface area contributed by atoms with E-state index in [0.717, 1.165) is 42.6 Å². The molecule has 0 radical (unpaired) electrons. The lowest BCUT2D eigenvalue weighted by atomic mass is 9.93. The maximum atomic E-state index is 12.7. The van der Waals surface area contributed by atoms with E-state index < -0.39 is 0 Å². The van der Waals surface area contributed by atoms with Crippen molar-refractivity contribution in [3.05, 3.63) is 52.6 Å². The minimum atomic E-state index is 0.0590. The molecule has 1 N–H and O–H groups in total. The van der Waals surface area contributed by atoms with Crippen molar-refractivity contribution in [1.82, 2.24) is 14.9 Å². The third kappa shape index (κ3) is 3.16. The Morgan fingerprint density at radius 2 is 1.87 bits per heavy atom. The van der Waals surface area contributed by atoms with Crippen LogP contribution in [0.15, 0.2) is 24.8 Å². The maximum Gasteiger partial charge on any atom is 0.251 e. The molecule has 1 amide bonds. The summed E-state index contributed by atoms with van der Waals surface area (Å²) in [5.74, 6) is 0.0590. The van der Waals surface area contributed by atoms with Crippen molar-refractivity contribution in [1.29, 1.82) is 0 Å². The van der Waals surface area contributed by atoms with Gasteiger partial charge in [0.2, 0.25) is 0 Å². The Kier molecular flexibility index (Phi) is 4.00. The van der Waals surface area contributed by atoms with E-state index in [2.05, 4.69) is 34.8 Å². The predicted molar refractivity (Wildman–Crippen MR) is 91.6 cm³/mol. The second kappa shape index (κ2) is 5.84. The molecule has 0 atom stereocenters. The Hall–Kier alpha value is -2.10. The quantitative estimate of drug-likeness (QED) is 0.920. The van der Waals surface area contributed by atoms with E-state index in [9.17, 15) is 4.79 Å². The van der Waals surface area contributed by atoms with Crippen LogP contribution >= 0.6 is 0 Å². The molecule has 1 aliphatic carbocycles. The van der Waals surface area contributed by atoms with Crippen LogP contribution in [0, 0.1) is 33.1 Å². The second-order valence-electron chi connectivity index (χ2n) is 7.05. The van der Waals surface area contributed by atoms with E-state index in [0.29, 0.717) is 0 Å². The summed E-state index contributed by atoms with van der Waals surface area (Å²) in [5, 5.41) is 3.18. The van der Waals surface area contributed by atoms with E-state index in [1.54, 1.807) is 6.20 Å². The van der Waals surface area contributed by atoms with Crippen molar-refractivity contribution in [2.75, 3.05) is 6.54 Å². The molecular formula is C19H25N3O. The predicted octanol–water partition coefficient (Wildman–Crippen LogP) is 3.33. The Bertz CT molecular complexity index is 701. The monoisotopic (exact) mass is 311 g/mol. The Labute approximate surface area is 137 Å². The van der Waals surface area contributed by atoms with Gasteiger partial charge < -0.3 is 9.88 Å². The summed E-state index contributed by atoms with van der Waals surface area (Å²) in [5.41, 5.74) is 5.59.